The van der Waals surface area contributed by atoms with Crippen LogP contribution >= 0.6 is 0 Å². The highest BCUT2D eigenvalue weighted by Gasteiger charge is 2.23. The number of nitrogens with one attached hydrogen (secondary N) is 1. The van der Waals surface area contributed by atoms with Gasteiger partial charge in [-0.3, -0.25) is 14.5 Å². The molecule has 0 aliphatic carbocycles. The van der Waals surface area contributed by atoms with Crippen molar-refractivity contribution >= 4 is 17.5 Å². The van der Waals surface area contributed by atoms with Gasteiger partial charge in [0.1, 0.15) is 11.6 Å². The summed E-state index contributed by atoms with van der Waals surface area (Å²) in [5.41, 5.74) is 1.21. The molecule has 3 rings (SSSR count). The third-order valence-electron chi connectivity index (χ3n) is 5.02. The number of benzene rings is 2. The second-order valence-corrected chi connectivity index (χ2v) is 7.35. The zero-order valence-corrected chi connectivity index (χ0v) is 17.3. The smallest absolute Gasteiger partial charge is 0.253 e. The zero-order chi connectivity index (χ0) is 21.3. The van der Waals surface area contributed by atoms with E-state index in [-0.39, 0.29) is 24.2 Å². The molecule has 6 nitrogen and oxygen atoms in total. The molecule has 1 aliphatic heterocycles. The quantitative estimate of drug-likeness (QED) is 0.674. The number of anilines is 1. The second-order valence-electron chi connectivity index (χ2n) is 7.35. The molecule has 0 spiro atoms. The largest absolute Gasteiger partial charge is 0.494 e. The number of carbonyl (C=O) groups excluding carboxylic acids is 2. The first-order valence-electron chi connectivity index (χ1n) is 10.3. The van der Waals surface area contributed by atoms with Crippen molar-refractivity contribution in [3.05, 3.63) is 59.9 Å². The molecule has 0 saturated carbocycles. The Labute approximate surface area is 176 Å². The lowest BCUT2D eigenvalue weighted by Crippen LogP contribution is -2.50. The Morgan fingerprint density at radius 2 is 1.67 bits per heavy atom. The minimum atomic E-state index is -0.340. The highest BCUT2D eigenvalue weighted by atomic mass is 19.1. The van der Waals surface area contributed by atoms with Crippen LogP contribution in [-0.2, 0) is 4.79 Å². The molecule has 1 aliphatic rings. The van der Waals surface area contributed by atoms with Crippen LogP contribution in [0.2, 0.25) is 0 Å². The lowest BCUT2D eigenvalue weighted by Gasteiger charge is -2.34. The summed E-state index contributed by atoms with van der Waals surface area (Å²) in [4.78, 5) is 28.7. The molecule has 30 heavy (non-hydrogen) atoms. The molecule has 0 aromatic heterocycles. The summed E-state index contributed by atoms with van der Waals surface area (Å²) in [5.74, 6) is 0.273. The Bertz CT molecular complexity index is 832. The number of hydrogen-bond acceptors (Lipinski definition) is 4. The van der Waals surface area contributed by atoms with Gasteiger partial charge in [-0.25, -0.2) is 4.39 Å². The van der Waals surface area contributed by atoms with Crippen molar-refractivity contribution in [1.29, 1.82) is 0 Å². The summed E-state index contributed by atoms with van der Waals surface area (Å²) < 4.78 is 18.6. The molecule has 0 radical (unpaired) electrons. The maximum Gasteiger partial charge on any atom is 0.253 e. The van der Waals surface area contributed by atoms with Gasteiger partial charge >= 0.3 is 0 Å². The van der Waals surface area contributed by atoms with Crippen molar-refractivity contribution in [2.75, 3.05) is 44.6 Å². The van der Waals surface area contributed by atoms with Gasteiger partial charge in [-0.1, -0.05) is 13.3 Å². The standard InChI is InChI=1S/C23H28FN3O3/c1-2-3-16-30-21-10-4-18(5-11-21)23(29)27-14-12-26(13-15-27)17-22(28)25-20-8-6-19(24)7-9-20/h4-11H,2-3,12-17H2,1H3,(H,25,28). The van der Waals surface area contributed by atoms with Crippen LogP contribution in [0.15, 0.2) is 48.5 Å². The normalized spacial score (nSPS) is 14.4. The lowest BCUT2D eigenvalue weighted by atomic mass is 10.1. The third-order valence-corrected chi connectivity index (χ3v) is 5.02. The van der Waals surface area contributed by atoms with Crippen LogP contribution in [0, 0.1) is 5.82 Å². The summed E-state index contributed by atoms with van der Waals surface area (Å²) in [5, 5.41) is 2.76. The monoisotopic (exact) mass is 413 g/mol. The molecule has 2 aromatic carbocycles. The van der Waals surface area contributed by atoms with E-state index in [9.17, 15) is 14.0 Å². The first-order chi connectivity index (χ1) is 14.5. The number of rotatable bonds is 8. The van der Waals surface area contributed by atoms with Crippen molar-refractivity contribution in [2.45, 2.75) is 19.8 Å². The van der Waals surface area contributed by atoms with Crippen LogP contribution in [-0.4, -0.2) is 60.9 Å². The highest BCUT2D eigenvalue weighted by Crippen LogP contribution is 2.15. The number of hydrogen-bond donors (Lipinski definition) is 1. The van der Waals surface area contributed by atoms with Gasteiger partial charge in [-0.2, -0.15) is 0 Å². The van der Waals surface area contributed by atoms with E-state index in [1.165, 1.54) is 24.3 Å². The van der Waals surface area contributed by atoms with Gasteiger partial charge in [-0.05, 0) is 55.0 Å². The fourth-order valence-corrected chi connectivity index (χ4v) is 3.26. The highest BCUT2D eigenvalue weighted by molar-refractivity contribution is 5.94. The first kappa shape index (κ1) is 21.8. The van der Waals surface area contributed by atoms with E-state index in [0.717, 1.165) is 18.6 Å². The van der Waals surface area contributed by atoms with Crippen LogP contribution in [0.1, 0.15) is 30.1 Å². The Morgan fingerprint density at radius 1 is 1.00 bits per heavy atom. The van der Waals surface area contributed by atoms with Gasteiger partial charge < -0.3 is 15.0 Å². The first-order valence-corrected chi connectivity index (χ1v) is 10.3. The Balaban J connectivity index is 1.43. The van der Waals surface area contributed by atoms with Crippen LogP contribution < -0.4 is 10.1 Å². The van der Waals surface area contributed by atoms with Crippen molar-refractivity contribution < 1.29 is 18.7 Å². The maximum atomic E-state index is 12.9. The molecule has 1 fully saturated rings. The number of nitrogens with zero attached hydrogens (tertiary/aromatic N) is 2. The van der Waals surface area contributed by atoms with Crippen molar-refractivity contribution in [2.24, 2.45) is 0 Å². The van der Waals surface area contributed by atoms with E-state index in [2.05, 4.69) is 12.2 Å². The van der Waals surface area contributed by atoms with Gasteiger partial charge in [0.15, 0.2) is 0 Å². The molecule has 1 heterocycles. The molecule has 1 saturated heterocycles. The summed E-state index contributed by atoms with van der Waals surface area (Å²) in [6.45, 7) is 5.42. The molecule has 0 unspecified atom stereocenters. The molecule has 1 N–H and O–H groups in total. The molecule has 160 valence electrons. The fourth-order valence-electron chi connectivity index (χ4n) is 3.26. The predicted octanol–water partition coefficient (Wildman–Crippen LogP) is 3.40. The zero-order valence-electron chi connectivity index (χ0n) is 17.3. The summed E-state index contributed by atoms with van der Waals surface area (Å²) >= 11 is 0. The van der Waals surface area contributed by atoms with Crippen molar-refractivity contribution in [1.82, 2.24) is 9.80 Å². The summed E-state index contributed by atoms with van der Waals surface area (Å²) in [7, 11) is 0. The van der Waals surface area contributed by atoms with E-state index in [4.69, 9.17) is 4.74 Å². The molecule has 0 atom stereocenters. The fraction of sp³-hybridized carbons (Fsp3) is 0.391. The van der Waals surface area contributed by atoms with Crippen LogP contribution in [0.3, 0.4) is 0 Å². The van der Waals surface area contributed by atoms with Gasteiger partial charge in [0.2, 0.25) is 5.91 Å². The molecule has 2 amide bonds. The summed E-state index contributed by atoms with van der Waals surface area (Å²) in [6.07, 6.45) is 2.09. The SMILES string of the molecule is CCCCOc1ccc(C(=O)N2CCN(CC(=O)Nc3ccc(F)cc3)CC2)cc1. The maximum absolute atomic E-state index is 12.9. The topological polar surface area (TPSA) is 61.9 Å². The predicted molar refractivity (Wildman–Crippen MR) is 114 cm³/mol. The van der Waals surface area contributed by atoms with Gasteiger partial charge in [-0.15, -0.1) is 0 Å². The lowest BCUT2D eigenvalue weighted by molar-refractivity contribution is -0.117. The van der Waals surface area contributed by atoms with Crippen LogP contribution in [0.5, 0.6) is 5.75 Å². The van der Waals surface area contributed by atoms with Crippen LogP contribution in [0.4, 0.5) is 10.1 Å². The van der Waals surface area contributed by atoms with Gasteiger partial charge in [0.25, 0.3) is 5.91 Å². The number of ether oxygens (including phenoxy) is 1. The van der Waals surface area contributed by atoms with E-state index in [0.29, 0.717) is 44.0 Å². The molecule has 7 heteroatoms. The Hall–Kier alpha value is -2.93. The van der Waals surface area contributed by atoms with Gasteiger partial charge in [0.05, 0.1) is 13.2 Å². The van der Waals surface area contributed by atoms with Crippen molar-refractivity contribution in [3.63, 3.8) is 0 Å². The molecular formula is C23H28FN3O3. The second kappa shape index (κ2) is 10.7. The average Bonchev–Trinajstić information content (AvgIpc) is 2.76. The molecule has 2 aromatic rings. The minimum absolute atomic E-state index is 0.00878. The Kier molecular flexibility index (Phi) is 7.79. The molecular weight excluding hydrogens is 385 g/mol. The van der Waals surface area contributed by atoms with E-state index < -0.39 is 0 Å². The summed E-state index contributed by atoms with van der Waals surface area (Å²) in [6, 6.07) is 12.9. The van der Waals surface area contributed by atoms with E-state index in [1.807, 2.05) is 17.0 Å². The van der Waals surface area contributed by atoms with Crippen LogP contribution in [0.25, 0.3) is 0 Å². The Morgan fingerprint density at radius 3 is 2.30 bits per heavy atom. The number of halogens is 1. The van der Waals surface area contributed by atoms with E-state index in [1.54, 1.807) is 17.0 Å². The average molecular weight is 413 g/mol. The minimum Gasteiger partial charge on any atom is -0.494 e. The van der Waals surface area contributed by atoms with Gasteiger partial charge in [0, 0.05) is 37.4 Å². The van der Waals surface area contributed by atoms with E-state index >= 15 is 0 Å². The van der Waals surface area contributed by atoms with Crippen molar-refractivity contribution in [3.8, 4) is 5.75 Å². The number of unbranched alkanes of at least 4 members (excludes halogenated alkanes) is 1. The number of piperazine rings is 1. The number of carbonyl (C=O) groups is 2. The number of amides is 2. The molecule has 0 bridgehead atoms. The third kappa shape index (κ3) is 6.29.